The van der Waals surface area contributed by atoms with Crippen molar-refractivity contribution in [2.24, 2.45) is 0 Å². The molecule has 0 saturated heterocycles. The maximum Gasteiger partial charge on any atom is 0.488 e. The van der Waals surface area contributed by atoms with E-state index in [0.29, 0.717) is 37.7 Å². The molecule has 0 aliphatic carbocycles. The van der Waals surface area contributed by atoms with Crippen LogP contribution in [0.1, 0.15) is 27.7 Å². The van der Waals surface area contributed by atoms with Gasteiger partial charge in [0, 0.05) is 28.5 Å². The summed E-state index contributed by atoms with van der Waals surface area (Å²) in [6, 6.07) is 22.9. The number of rotatable bonds is 8. The van der Waals surface area contributed by atoms with Crippen LogP contribution in [-0.4, -0.2) is 53.6 Å². The second kappa shape index (κ2) is 18.4. The van der Waals surface area contributed by atoms with Gasteiger partial charge in [-0.2, -0.15) is 0 Å². The Hall–Kier alpha value is -4.39. The lowest BCUT2D eigenvalue weighted by molar-refractivity contribution is 0.231. The second-order valence-electron chi connectivity index (χ2n) is 11.7. The summed E-state index contributed by atoms with van der Waals surface area (Å²) >= 11 is 18.1. The fraction of sp³-hybridized carbons (Fsp3) is 0.211. The quantitative estimate of drug-likeness (QED) is 0.117. The van der Waals surface area contributed by atoms with Gasteiger partial charge >= 0.3 is 7.12 Å². The van der Waals surface area contributed by atoms with Gasteiger partial charge in [0.2, 0.25) is 0 Å². The van der Waals surface area contributed by atoms with Crippen molar-refractivity contribution in [3.63, 3.8) is 0 Å². The van der Waals surface area contributed by atoms with Crippen LogP contribution < -0.4 is 24.4 Å². The molecule has 0 spiro atoms. The molecule has 4 aromatic carbocycles. The van der Waals surface area contributed by atoms with Crippen molar-refractivity contribution in [3.05, 3.63) is 112 Å². The Kier molecular flexibility index (Phi) is 14.3. The molecule has 2 N–H and O–H groups in total. The van der Waals surface area contributed by atoms with Crippen molar-refractivity contribution in [3.8, 4) is 34.3 Å². The maximum absolute atomic E-state index is 14.2. The molecule has 0 saturated carbocycles. The van der Waals surface area contributed by atoms with E-state index in [2.05, 4.69) is 9.97 Å². The third kappa shape index (κ3) is 10.8. The van der Waals surface area contributed by atoms with Crippen LogP contribution in [0.15, 0.2) is 84.9 Å². The van der Waals surface area contributed by atoms with Gasteiger partial charge in [-0.25, -0.2) is 18.7 Å². The van der Waals surface area contributed by atoms with Crippen molar-refractivity contribution in [2.75, 3.05) is 14.2 Å². The topological polar surface area (TPSA) is 103 Å². The average Bonchev–Trinajstić information content (AvgIpc) is 3.09. The van der Waals surface area contributed by atoms with E-state index in [1.54, 1.807) is 64.5 Å². The summed E-state index contributed by atoms with van der Waals surface area (Å²) in [6.07, 6.45) is -0.208. The summed E-state index contributed by atoms with van der Waals surface area (Å²) < 4.78 is 48.3. The molecule has 0 amide bonds. The first kappa shape index (κ1) is 40.4. The molecule has 0 atom stereocenters. The predicted molar refractivity (Wildman–Crippen MR) is 205 cm³/mol. The Morgan fingerprint density at radius 1 is 0.615 bits per heavy atom. The van der Waals surface area contributed by atoms with Crippen LogP contribution in [0, 0.1) is 11.6 Å². The van der Waals surface area contributed by atoms with Crippen LogP contribution in [0.4, 0.5) is 8.78 Å². The molecule has 2 heterocycles. The highest BCUT2D eigenvalue weighted by atomic mass is 35.5. The number of nitrogens with zero attached hydrogens (tertiary/aromatic N) is 2. The number of benzene rings is 4. The molecule has 0 fully saturated rings. The van der Waals surface area contributed by atoms with E-state index >= 15 is 0 Å². The van der Waals surface area contributed by atoms with Gasteiger partial charge in [0.1, 0.15) is 16.7 Å². The predicted octanol–water partition coefficient (Wildman–Crippen LogP) is 9.33. The number of aromatic nitrogens is 2. The summed E-state index contributed by atoms with van der Waals surface area (Å²) in [5.74, 6) is 0.749. The highest BCUT2D eigenvalue weighted by molar-refractivity contribution is 6.58. The van der Waals surface area contributed by atoms with Crippen LogP contribution in [0.3, 0.4) is 0 Å². The third-order valence-corrected chi connectivity index (χ3v) is 7.93. The van der Waals surface area contributed by atoms with E-state index in [0.717, 1.165) is 28.1 Å². The summed E-state index contributed by atoms with van der Waals surface area (Å²) in [6.45, 7) is 7.28. The zero-order valence-electron chi connectivity index (χ0n) is 29.1. The van der Waals surface area contributed by atoms with Crippen molar-refractivity contribution in [2.45, 2.75) is 39.9 Å². The molecular formula is C38H36BCl3F2N2O6. The molecule has 6 aromatic rings. The van der Waals surface area contributed by atoms with E-state index in [1.807, 2.05) is 38.1 Å². The summed E-state index contributed by atoms with van der Waals surface area (Å²) in [7, 11) is 1.54. The van der Waals surface area contributed by atoms with Crippen LogP contribution in [0.2, 0.25) is 15.2 Å². The average molecular weight is 772 g/mol. The van der Waals surface area contributed by atoms with Crippen LogP contribution >= 0.6 is 34.8 Å². The largest absolute Gasteiger partial charge is 0.497 e. The van der Waals surface area contributed by atoms with Crippen molar-refractivity contribution < 1.29 is 37.8 Å². The number of hydrogen-bond donors (Lipinski definition) is 2. The van der Waals surface area contributed by atoms with Gasteiger partial charge in [-0.3, -0.25) is 0 Å². The first-order valence-corrected chi connectivity index (χ1v) is 17.0. The molecule has 272 valence electrons. The number of ether oxygens (including phenoxy) is 4. The van der Waals surface area contributed by atoms with Gasteiger partial charge in [-0.1, -0.05) is 40.9 Å². The second-order valence-corrected chi connectivity index (χ2v) is 12.9. The third-order valence-electron chi connectivity index (χ3n) is 7.11. The normalized spacial score (nSPS) is 10.8. The number of hydrogen-bond acceptors (Lipinski definition) is 8. The molecule has 0 aliphatic rings. The van der Waals surface area contributed by atoms with Crippen molar-refractivity contribution >= 4 is 69.2 Å². The highest BCUT2D eigenvalue weighted by Gasteiger charge is 2.15. The summed E-state index contributed by atoms with van der Waals surface area (Å²) in [4.78, 5) is 8.72. The molecule has 0 unspecified atom stereocenters. The monoisotopic (exact) mass is 770 g/mol. The summed E-state index contributed by atoms with van der Waals surface area (Å²) in [5, 5.41) is 20.8. The Bertz CT molecular complexity index is 2160. The molecular weight excluding hydrogens is 736 g/mol. The molecule has 2 aromatic heterocycles. The minimum absolute atomic E-state index is 0.0916. The Balaban J connectivity index is 0.000000186. The SMILES string of the molecule is CC(C)Oc1ccc(B(O)O)cc1F.COc1ccc2c(Cl)cc(-c3ccc(OC(C)C)c(F)c3)nc2c1.COc1ccc2c(Cl)cc(Cl)nc2c1. The Labute approximate surface area is 316 Å². The summed E-state index contributed by atoms with van der Waals surface area (Å²) in [5.41, 5.74) is 2.77. The maximum atomic E-state index is 14.2. The number of fused-ring (bicyclic) bond motifs is 2. The van der Waals surface area contributed by atoms with Gasteiger partial charge in [0.05, 0.1) is 53.2 Å². The van der Waals surface area contributed by atoms with Crippen molar-refractivity contribution in [1.82, 2.24) is 9.97 Å². The number of methoxy groups -OCH3 is 2. The minimum atomic E-state index is -1.66. The van der Waals surface area contributed by atoms with Gasteiger partial charge in [-0.15, -0.1) is 0 Å². The smallest absolute Gasteiger partial charge is 0.488 e. The number of pyridine rings is 2. The molecule has 14 heteroatoms. The molecule has 6 rings (SSSR count). The molecule has 0 bridgehead atoms. The van der Waals surface area contributed by atoms with Gasteiger partial charge in [0.15, 0.2) is 23.1 Å². The number of halogens is 5. The van der Waals surface area contributed by atoms with E-state index in [-0.39, 0.29) is 29.2 Å². The van der Waals surface area contributed by atoms with Crippen LogP contribution in [0.25, 0.3) is 33.1 Å². The van der Waals surface area contributed by atoms with Gasteiger partial charge in [-0.05, 0) is 99.9 Å². The molecule has 0 radical (unpaired) electrons. The first-order chi connectivity index (χ1) is 24.7. The first-order valence-electron chi connectivity index (χ1n) is 15.9. The van der Waals surface area contributed by atoms with Crippen LogP contribution in [0.5, 0.6) is 23.0 Å². The Morgan fingerprint density at radius 2 is 1.12 bits per heavy atom. The zero-order chi connectivity index (χ0) is 38.1. The fourth-order valence-electron chi connectivity index (χ4n) is 4.74. The van der Waals surface area contributed by atoms with Crippen molar-refractivity contribution in [1.29, 1.82) is 0 Å². The van der Waals surface area contributed by atoms with E-state index in [4.69, 9.17) is 63.8 Å². The standard InChI is InChI=1S/C19H17ClFNO2.C10H7Cl2NO.C9H12BFO3/c1-11(2)24-19-7-4-12(8-16(19)21)17-10-15(20)14-6-5-13(23-3)9-18(14)22-17;1-14-6-2-3-7-8(11)5-10(12)13-9(7)4-6;1-6(2)14-9-4-3-7(10(12)13)5-8(9)11/h4-11H,1-3H3;2-5H,1H3;3-6,12-13H,1-2H3. The Morgan fingerprint density at radius 3 is 1.60 bits per heavy atom. The lowest BCUT2D eigenvalue weighted by atomic mass is 9.80. The van der Waals surface area contributed by atoms with Crippen LogP contribution in [-0.2, 0) is 0 Å². The minimum Gasteiger partial charge on any atom is -0.497 e. The zero-order valence-corrected chi connectivity index (χ0v) is 31.4. The van der Waals surface area contributed by atoms with E-state index < -0.39 is 18.8 Å². The fourth-order valence-corrected chi connectivity index (χ4v) is 5.52. The van der Waals surface area contributed by atoms with Gasteiger partial charge in [0.25, 0.3) is 0 Å². The molecule has 52 heavy (non-hydrogen) atoms. The lowest BCUT2D eigenvalue weighted by Crippen LogP contribution is -2.30. The lowest BCUT2D eigenvalue weighted by Gasteiger charge is -2.12. The molecule has 8 nitrogen and oxygen atoms in total. The molecule has 0 aliphatic heterocycles. The van der Waals surface area contributed by atoms with E-state index in [1.165, 1.54) is 18.2 Å². The van der Waals surface area contributed by atoms with E-state index in [9.17, 15) is 8.78 Å². The highest BCUT2D eigenvalue weighted by Crippen LogP contribution is 2.32. The van der Waals surface area contributed by atoms with Gasteiger partial charge < -0.3 is 29.0 Å².